The van der Waals surface area contributed by atoms with Crippen LogP contribution >= 0.6 is 0 Å². The monoisotopic (exact) mass is 347 g/mol. The topological polar surface area (TPSA) is 72.5 Å². The van der Waals surface area contributed by atoms with Crippen LogP contribution in [0.5, 0.6) is 0 Å². The van der Waals surface area contributed by atoms with E-state index in [1.165, 1.54) is 0 Å². The Labute approximate surface area is 149 Å². The zero-order valence-electron chi connectivity index (χ0n) is 15.2. The molecule has 0 unspecified atom stereocenters. The van der Waals surface area contributed by atoms with Gasteiger partial charge in [0.05, 0.1) is 6.10 Å². The number of ether oxygens (including phenoxy) is 2. The standard InChI is InChI=1S/C19H29N3O3/c1-3-25-17-13-16(19(17)8-11-24-12-9-19)22-18(23)20-10-7-15-6-4-5-14(2)21-15/h4-6,16-17H,3,7-13H2,1-2H3,(H2,20,22,23)/t16-,17-/m1/s1. The molecule has 0 aromatic carbocycles. The van der Waals surface area contributed by atoms with Crippen LogP contribution in [0.3, 0.4) is 0 Å². The molecule has 1 saturated heterocycles. The highest BCUT2D eigenvalue weighted by atomic mass is 16.5. The number of hydrogen-bond acceptors (Lipinski definition) is 4. The van der Waals surface area contributed by atoms with Crippen molar-refractivity contribution in [1.82, 2.24) is 15.6 Å². The molecule has 1 aromatic rings. The SMILES string of the molecule is CCO[C@@H]1C[C@@H](NC(=O)NCCc2cccc(C)n2)C12CCOCC2. The van der Waals surface area contributed by atoms with Crippen LogP contribution in [0.25, 0.3) is 0 Å². The van der Waals surface area contributed by atoms with E-state index in [1.807, 2.05) is 32.0 Å². The number of urea groups is 1. The Morgan fingerprint density at radius 3 is 2.92 bits per heavy atom. The minimum Gasteiger partial charge on any atom is -0.381 e. The Bertz CT molecular complexity index is 587. The van der Waals surface area contributed by atoms with Crippen LogP contribution in [0.15, 0.2) is 18.2 Å². The van der Waals surface area contributed by atoms with Gasteiger partial charge < -0.3 is 20.1 Å². The maximum absolute atomic E-state index is 12.3. The fourth-order valence-electron chi connectivity index (χ4n) is 4.06. The van der Waals surface area contributed by atoms with Gasteiger partial charge in [-0.15, -0.1) is 0 Å². The molecule has 2 atom stereocenters. The third-order valence-corrected chi connectivity index (χ3v) is 5.49. The van der Waals surface area contributed by atoms with E-state index in [0.29, 0.717) is 6.54 Å². The first-order valence-electron chi connectivity index (χ1n) is 9.30. The average molecular weight is 347 g/mol. The highest BCUT2D eigenvalue weighted by molar-refractivity contribution is 5.74. The average Bonchev–Trinajstić information content (AvgIpc) is 2.62. The summed E-state index contributed by atoms with van der Waals surface area (Å²) in [6, 6.07) is 6.03. The van der Waals surface area contributed by atoms with E-state index >= 15 is 0 Å². The van der Waals surface area contributed by atoms with Gasteiger partial charge in [-0.05, 0) is 45.2 Å². The summed E-state index contributed by atoms with van der Waals surface area (Å²) in [4.78, 5) is 16.7. The van der Waals surface area contributed by atoms with E-state index in [4.69, 9.17) is 9.47 Å². The number of carbonyl (C=O) groups is 1. The van der Waals surface area contributed by atoms with Crippen molar-refractivity contribution in [2.45, 2.75) is 51.7 Å². The molecule has 2 amide bonds. The minimum atomic E-state index is -0.0986. The van der Waals surface area contributed by atoms with E-state index < -0.39 is 0 Å². The lowest BCUT2D eigenvalue weighted by molar-refractivity contribution is -0.169. The predicted octanol–water partition coefficient (Wildman–Crippen LogP) is 2.21. The van der Waals surface area contributed by atoms with Gasteiger partial charge in [0.1, 0.15) is 0 Å². The summed E-state index contributed by atoms with van der Waals surface area (Å²) >= 11 is 0. The molecular weight excluding hydrogens is 318 g/mol. The molecule has 1 aliphatic carbocycles. The molecule has 1 spiro atoms. The smallest absolute Gasteiger partial charge is 0.315 e. The van der Waals surface area contributed by atoms with Crippen LogP contribution in [0.2, 0.25) is 0 Å². The van der Waals surface area contributed by atoms with Gasteiger partial charge in [-0.1, -0.05) is 6.07 Å². The summed E-state index contributed by atoms with van der Waals surface area (Å²) in [5.74, 6) is 0. The van der Waals surface area contributed by atoms with Crippen LogP contribution in [0.1, 0.15) is 37.6 Å². The van der Waals surface area contributed by atoms with Crippen LogP contribution in [0.4, 0.5) is 4.79 Å². The molecule has 1 aromatic heterocycles. The van der Waals surface area contributed by atoms with Crippen molar-refractivity contribution in [3.63, 3.8) is 0 Å². The van der Waals surface area contributed by atoms with Crippen molar-refractivity contribution in [2.24, 2.45) is 5.41 Å². The van der Waals surface area contributed by atoms with Gasteiger partial charge in [0.25, 0.3) is 0 Å². The van der Waals surface area contributed by atoms with E-state index in [9.17, 15) is 4.79 Å². The van der Waals surface area contributed by atoms with Crippen molar-refractivity contribution in [1.29, 1.82) is 0 Å². The fourth-order valence-corrected chi connectivity index (χ4v) is 4.06. The quantitative estimate of drug-likeness (QED) is 0.827. The van der Waals surface area contributed by atoms with Gasteiger partial charge in [0, 0.05) is 55.6 Å². The summed E-state index contributed by atoms with van der Waals surface area (Å²) in [5.41, 5.74) is 2.05. The number of nitrogens with zero attached hydrogens (tertiary/aromatic N) is 1. The number of hydrogen-bond donors (Lipinski definition) is 2. The zero-order chi connectivity index (χ0) is 17.7. The van der Waals surface area contributed by atoms with Gasteiger partial charge in [-0.3, -0.25) is 4.98 Å². The lowest BCUT2D eigenvalue weighted by Crippen LogP contribution is -2.67. The number of aromatic nitrogens is 1. The van der Waals surface area contributed by atoms with Gasteiger partial charge >= 0.3 is 6.03 Å². The molecule has 3 rings (SSSR count). The van der Waals surface area contributed by atoms with Crippen LogP contribution < -0.4 is 10.6 Å². The molecule has 25 heavy (non-hydrogen) atoms. The summed E-state index contributed by atoms with van der Waals surface area (Å²) in [7, 11) is 0. The normalized spacial score (nSPS) is 24.6. The van der Waals surface area contributed by atoms with Gasteiger partial charge in [-0.2, -0.15) is 0 Å². The van der Waals surface area contributed by atoms with Gasteiger partial charge in [-0.25, -0.2) is 4.79 Å². The first-order valence-corrected chi connectivity index (χ1v) is 9.30. The molecule has 2 aliphatic rings. The number of amides is 2. The van der Waals surface area contributed by atoms with E-state index in [0.717, 1.165) is 56.9 Å². The molecule has 6 heteroatoms. The van der Waals surface area contributed by atoms with Crippen molar-refractivity contribution in [2.75, 3.05) is 26.4 Å². The summed E-state index contributed by atoms with van der Waals surface area (Å²) in [6.45, 7) is 6.81. The molecule has 2 fully saturated rings. The third kappa shape index (κ3) is 4.12. The molecule has 0 radical (unpaired) electrons. The van der Waals surface area contributed by atoms with Crippen molar-refractivity contribution in [3.8, 4) is 0 Å². The molecule has 0 bridgehead atoms. The second kappa shape index (κ2) is 8.15. The van der Waals surface area contributed by atoms with Crippen LogP contribution in [-0.2, 0) is 15.9 Å². The molecule has 138 valence electrons. The second-order valence-corrected chi connectivity index (χ2v) is 7.00. The number of pyridine rings is 1. The lowest BCUT2D eigenvalue weighted by Gasteiger charge is -2.57. The Kier molecular flexibility index (Phi) is 5.91. The Hall–Kier alpha value is -1.66. The van der Waals surface area contributed by atoms with E-state index in [1.54, 1.807) is 0 Å². The first kappa shape index (κ1) is 18.1. The molecular formula is C19H29N3O3. The Morgan fingerprint density at radius 1 is 1.40 bits per heavy atom. The van der Waals surface area contributed by atoms with Gasteiger partial charge in [0.15, 0.2) is 0 Å². The number of rotatable bonds is 6. The highest BCUT2D eigenvalue weighted by Gasteiger charge is 2.56. The number of aryl methyl sites for hydroxylation is 1. The number of nitrogens with one attached hydrogen (secondary N) is 2. The Balaban J connectivity index is 1.47. The van der Waals surface area contributed by atoms with Gasteiger partial charge in [0.2, 0.25) is 0 Å². The summed E-state index contributed by atoms with van der Waals surface area (Å²) < 4.78 is 11.4. The molecule has 1 saturated carbocycles. The summed E-state index contributed by atoms with van der Waals surface area (Å²) in [5, 5.41) is 6.11. The van der Waals surface area contributed by atoms with Crippen LogP contribution in [0, 0.1) is 12.3 Å². The number of carbonyl (C=O) groups excluding carboxylic acids is 1. The third-order valence-electron chi connectivity index (χ3n) is 5.49. The second-order valence-electron chi connectivity index (χ2n) is 7.00. The fraction of sp³-hybridized carbons (Fsp3) is 0.684. The Morgan fingerprint density at radius 2 is 2.20 bits per heavy atom. The zero-order valence-corrected chi connectivity index (χ0v) is 15.2. The van der Waals surface area contributed by atoms with E-state index in [2.05, 4.69) is 15.6 Å². The molecule has 2 N–H and O–H groups in total. The molecule has 2 heterocycles. The van der Waals surface area contributed by atoms with Crippen LogP contribution in [-0.4, -0.2) is 49.5 Å². The maximum atomic E-state index is 12.3. The van der Waals surface area contributed by atoms with Crippen molar-refractivity contribution >= 4 is 6.03 Å². The molecule has 6 nitrogen and oxygen atoms in total. The van der Waals surface area contributed by atoms with Crippen molar-refractivity contribution in [3.05, 3.63) is 29.6 Å². The van der Waals surface area contributed by atoms with E-state index in [-0.39, 0.29) is 23.6 Å². The summed E-state index contributed by atoms with van der Waals surface area (Å²) in [6.07, 6.45) is 3.77. The highest BCUT2D eigenvalue weighted by Crippen LogP contribution is 2.50. The largest absolute Gasteiger partial charge is 0.381 e. The lowest BCUT2D eigenvalue weighted by atomic mass is 9.57. The minimum absolute atomic E-state index is 0.0453. The first-order chi connectivity index (χ1) is 12.1. The maximum Gasteiger partial charge on any atom is 0.315 e. The predicted molar refractivity (Wildman–Crippen MR) is 95.5 cm³/mol. The van der Waals surface area contributed by atoms with Crippen molar-refractivity contribution < 1.29 is 14.3 Å². The molecule has 1 aliphatic heterocycles.